The van der Waals surface area contributed by atoms with Crippen molar-refractivity contribution in [2.45, 2.75) is 25.8 Å². The minimum absolute atomic E-state index is 0.0640. The van der Waals surface area contributed by atoms with Gasteiger partial charge < -0.3 is 26.2 Å². The second kappa shape index (κ2) is 10.2. The lowest BCUT2D eigenvalue weighted by Gasteiger charge is -2.34. The van der Waals surface area contributed by atoms with Crippen LogP contribution < -0.4 is 27.0 Å². The van der Waals surface area contributed by atoms with Gasteiger partial charge in [-0.2, -0.15) is 10.8 Å². The fraction of sp³-hybridized carbons (Fsp3) is 0.308. The van der Waals surface area contributed by atoms with Gasteiger partial charge in [0.2, 0.25) is 0 Å². The molecule has 5 rings (SSSR count). The number of pyridine rings is 1. The molecule has 1 atom stereocenters. The summed E-state index contributed by atoms with van der Waals surface area (Å²) in [5, 5.41) is 18.1. The van der Waals surface area contributed by atoms with E-state index in [0.29, 0.717) is 28.3 Å². The molecule has 2 aliphatic heterocycles. The van der Waals surface area contributed by atoms with Gasteiger partial charge >= 0.3 is 0 Å². The van der Waals surface area contributed by atoms with Gasteiger partial charge in [-0.05, 0) is 48.1 Å². The molecule has 0 bridgehead atoms. The van der Waals surface area contributed by atoms with E-state index in [1.807, 2.05) is 6.07 Å². The van der Waals surface area contributed by atoms with Crippen molar-refractivity contribution >= 4 is 33.9 Å². The predicted molar refractivity (Wildman–Crippen MR) is 138 cm³/mol. The molecule has 36 heavy (non-hydrogen) atoms. The molecule has 1 fully saturated rings. The van der Waals surface area contributed by atoms with E-state index in [2.05, 4.69) is 45.0 Å². The van der Waals surface area contributed by atoms with Crippen molar-refractivity contribution in [3.05, 3.63) is 76.5 Å². The molecule has 0 spiro atoms. The van der Waals surface area contributed by atoms with Crippen LogP contribution in [0.15, 0.2) is 54.5 Å². The van der Waals surface area contributed by atoms with Crippen LogP contribution in [0.25, 0.3) is 10.9 Å². The Morgan fingerprint density at radius 1 is 1.25 bits per heavy atom. The van der Waals surface area contributed by atoms with Crippen molar-refractivity contribution in [3.63, 3.8) is 0 Å². The Morgan fingerprint density at radius 3 is 2.72 bits per heavy atom. The van der Waals surface area contributed by atoms with Gasteiger partial charge in [0.15, 0.2) is 0 Å². The maximum absolute atomic E-state index is 13.6. The van der Waals surface area contributed by atoms with Gasteiger partial charge in [0.1, 0.15) is 11.9 Å². The summed E-state index contributed by atoms with van der Waals surface area (Å²) in [6.07, 6.45) is 5.24. The van der Waals surface area contributed by atoms with Gasteiger partial charge in [-0.25, -0.2) is 4.39 Å². The summed E-state index contributed by atoms with van der Waals surface area (Å²) < 4.78 is 19.1. The minimum atomic E-state index is -0.328. The van der Waals surface area contributed by atoms with E-state index in [4.69, 9.17) is 16.3 Å². The zero-order chi connectivity index (χ0) is 25.1. The molecule has 3 heterocycles. The number of nitrogens with zero attached hydrogens (tertiary/aromatic N) is 2. The first-order valence-electron chi connectivity index (χ1n) is 11.8. The number of nitriles is 1. The van der Waals surface area contributed by atoms with E-state index in [1.54, 1.807) is 30.6 Å². The van der Waals surface area contributed by atoms with Gasteiger partial charge in [-0.3, -0.25) is 4.98 Å². The Labute approximate surface area is 213 Å². The lowest BCUT2D eigenvalue weighted by atomic mass is 9.82. The third kappa shape index (κ3) is 5.02. The second-order valence-corrected chi connectivity index (χ2v) is 9.82. The smallest absolute Gasteiger partial charge is 0.123 e. The predicted octanol–water partition coefficient (Wildman–Crippen LogP) is 4.73. The number of halogens is 2. The number of nitrogens with one attached hydrogen (secondary N) is 5. The van der Waals surface area contributed by atoms with Crippen molar-refractivity contribution < 1.29 is 9.13 Å². The van der Waals surface area contributed by atoms with Gasteiger partial charge in [0.05, 0.1) is 33.5 Å². The lowest BCUT2D eigenvalue weighted by Crippen LogP contribution is -2.34. The van der Waals surface area contributed by atoms with Crippen molar-refractivity contribution in [1.29, 1.82) is 5.26 Å². The molecular weight excluding hydrogens is 481 g/mol. The summed E-state index contributed by atoms with van der Waals surface area (Å²) in [4.78, 5) is 4.46. The molecule has 0 unspecified atom stereocenters. The molecular formula is C26H27ClFN7O. The number of hydrazine groups is 2. The van der Waals surface area contributed by atoms with Crippen LogP contribution >= 0.6 is 11.6 Å². The molecule has 0 saturated carbocycles. The number of aromatic nitrogens is 1. The average molecular weight is 508 g/mol. The Morgan fingerprint density at radius 2 is 2.03 bits per heavy atom. The number of ether oxygens (including phenoxy) is 1. The van der Waals surface area contributed by atoms with Crippen LogP contribution in [0, 0.1) is 22.6 Å². The van der Waals surface area contributed by atoms with E-state index >= 15 is 0 Å². The van der Waals surface area contributed by atoms with Crippen LogP contribution in [-0.4, -0.2) is 24.7 Å². The molecule has 0 aliphatic carbocycles. The van der Waals surface area contributed by atoms with Crippen molar-refractivity contribution in [3.8, 4) is 6.07 Å². The molecule has 2 aromatic carbocycles. The topological polar surface area (TPSA) is 106 Å². The molecule has 3 aromatic rings. The number of benzene rings is 2. The highest BCUT2D eigenvalue weighted by Crippen LogP contribution is 2.37. The first-order chi connectivity index (χ1) is 17.5. The normalized spacial score (nSPS) is 17.4. The molecule has 0 radical (unpaired) electrons. The molecule has 8 nitrogen and oxygen atoms in total. The first kappa shape index (κ1) is 24.1. The van der Waals surface area contributed by atoms with E-state index in [1.165, 1.54) is 12.1 Å². The third-order valence-corrected chi connectivity index (χ3v) is 7.06. The third-order valence-electron chi connectivity index (χ3n) is 6.77. The number of hydrogen-bond acceptors (Lipinski definition) is 8. The summed E-state index contributed by atoms with van der Waals surface area (Å²) in [6, 6.07) is 12.0. The molecule has 0 amide bonds. The fourth-order valence-corrected chi connectivity index (χ4v) is 4.81. The zero-order valence-corrected chi connectivity index (χ0v) is 20.5. The summed E-state index contributed by atoms with van der Waals surface area (Å²) in [6.45, 7) is 4.40. The molecule has 1 saturated heterocycles. The van der Waals surface area contributed by atoms with Crippen LogP contribution in [0.5, 0.6) is 0 Å². The van der Waals surface area contributed by atoms with Crippen LogP contribution in [0.4, 0.5) is 15.8 Å². The summed E-state index contributed by atoms with van der Waals surface area (Å²) in [5.41, 5.74) is 13.0. The van der Waals surface area contributed by atoms with Gasteiger partial charge in [-0.1, -0.05) is 30.7 Å². The monoisotopic (exact) mass is 507 g/mol. The van der Waals surface area contributed by atoms with Crippen LogP contribution in [0.2, 0.25) is 5.02 Å². The van der Waals surface area contributed by atoms with Crippen LogP contribution in [0.1, 0.15) is 36.9 Å². The second-order valence-electron chi connectivity index (χ2n) is 9.41. The summed E-state index contributed by atoms with van der Waals surface area (Å²) >= 11 is 6.68. The standard InChI is InChI=1S/C26H27ClFN7O/c1-26(6-8-36-9-7-26)15-31-23-17(12-29)13-30-25-20(23)10-19(11-21(25)27)33-24(22-14-32-35-34-22)16-2-4-18(28)5-3-16/h2-5,10-11,13-14,24,32-35H,6-9,15H2,1H3,(H,30,31)/t24-/m0/s1. The Kier molecular flexibility index (Phi) is 6.83. The number of anilines is 2. The van der Waals surface area contributed by atoms with Crippen molar-refractivity contribution in [2.24, 2.45) is 5.41 Å². The van der Waals surface area contributed by atoms with Gasteiger partial charge in [0, 0.05) is 43.2 Å². The number of rotatable bonds is 7. The molecule has 1 aromatic heterocycles. The molecule has 2 aliphatic rings. The molecule has 5 N–H and O–H groups in total. The molecule has 186 valence electrons. The fourth-order valence-electron chi connectivity index (χ4n) is 4.54. The van der Waals surface area contributed by atoms with E-state index < -0.39 is 0 Å². The highest BCUT2D eigenvalue weighted by Gasteiger charge is 2.28. The van der Waals surface area contributed by atoms with Gasteiger partial charge in [0.25, 0.3) is 0 Å². The summed E-state index contributed by atoms with van der Waals surface area (Å²) in [7, 11) is 0. The first-order valence-corrected chi connectivity index (χ1v) is 12.2. The zero-order valence-electron chi connectivity index (χ0n) is 19.8. The Hall–Kier alpha value is -3.58. The van der Waals surface area contributed by atoms with E-state index in [-0.39, 0.29) is 17.3 Å². The Balaban J connectivity index is 1.52. The SMILES string of the molecule is CC1(CNc2c(C#N)cnc3c(Cl)cc(N[C@H](C4=CNNN4)c4ccc(F)cc4)cc23)CCOCC1. The molecule has 10 heteroatoms. The van der Waals surface area contributed by atoms with Crippen molar-refractivity contribution in [2.75, 3.05) is 30.4 Å². The minimum Gasteiger partial charge on any atom is -0.383 e. The van der Waals surface area contributed by atoms with Crippen LogP contribution in [-0.2, 0) is 4.74 Å². The lowest BCUT2D eigenvalue weighted by molar-refractivity contribution is 0.0300. The maximum atomic E-state index is 13.6. The highest BCUT2D eigenvalue weighted by atomic mass is 35.5. The average Bonchev–Trinajstić information content (AvgIpc) is 3.42. The van der Waals surface area contributed by atoms with E-state index in [0.717, 1.165) is 48.4 Å². The summed E-state index contributed by atoms with van der Waals surface area (Å²) in [5.74, 6) is -0.306. The number of hydrogen-bond donors (Lipinski definition) is 5. The highest BCUT2D eigenvalue weighted by molar-refractivity contribution is 6.35. The van der Waals surface area contributed by atoms with Gasteiger partial charge in [-0.15, -0.1) is 0 Å². The number of fused-ring (bicyclic) bond motifs is 1. The Bertz CT molecular complexity index is 1330. The maximum Gasteiger partial charge on any atom is 0.123 e. The largest absolute Gasteiger partial charge is 0.383 e. The van der Waals surface area contributed by atoms with Crippen molar-refractivity contribution in [1.82, 2.24) is 21.4 Å². The quantitative estimate of drug-likeness (QED) is 0.312. The van der Waals surface area contributed by atoms with E-state index in [9.17, 15) is 9.65 Å². The van der Waals surface area contributed by atoms with Crippen LogP contribution in [0.3, 0.4) is 0 Å².